The maximum atomic E-state index is 13.4. The standard InChI is InChI=1S/C26H35N3O6/c1-16(2)13-19(23(30)22-11-8-12-35-22)27-25(32)21(15-18-9-6-5-7-10-18)28-24(31)20(14-17(3)4)29-26(33)34/h5-12,16-17,19-21,29H,13-15H2,1-4H3,(H,27,32)(H,28,31)(H,33,34)/t19-,20-,21-/m0/s1. The van der Waals surface area contributed by atoms with Crippen LogP contribution >= 0.6 is 0 Å². The molecule has 2 aromatic rings. The number of carboxylic acid groups (broad SMARTS) is 1. The first-order valence-electron chi connectivity index (χ1n) is 11.8. The van der Waals surface area contributed by atoms with Gasteiger partial charge in [0.25, 0.3) is 0 Å². The van der Waals surface area contributed by atoms with E-state index < -0.39 is 36.0 Å². The Bertz CT molecular complexity index is 972. The highest BCUT2D eigenvalue weighted by Gasteiger charge is 2.31. The van der Waals surface area contributed by atoms with Crippen molar-refractivity contribution in [2.75, 3.05) is 0 Å². The van der Waals surface area contributed by atoms with Gasteiger partial charge in [0, 0.05) is 6.42 Å². The van der Waals surface area contributed by atoms with Gasteiger partial charge < -0.3 is 25.5 Å². The van der Waals surface area contributed by atoms with Crippen LogP contribution in [0, 0.1) is 11.8 Å². The van der Waals surface area contributed by atoms with E-state index in [1.54, 1.807) is 12.1 Å². The second-order valence-electron chi connectivity index (χ2n) is 9.41. The van der Waals surface area contributed by atoms with Gasteiger partial charge in [0.1, 0.15) is 12.1 Å². The lowest BCUT2D eigenvalue weighted by Gasteiger charge is -2.26. The van der Waals surface area contributed by atoms with Crippen LogP contribution < -0.4 is 16.0 Å². The van der Waals surface area contributed by atoms with Gasteiger partial charge in [-0.25, -0.2) is 4.79 Å². The molecular formula is C26H35N3O6. The van der Waals surface area contributed by atoms with Crippen LogP contribution in [-0.2, 0) is 16.0 Å². The average Bonchev–Trinajstić information content (AvgIpc) is 3.32. The van der Waals surface area contributed by atoms with E-state index in [1.165, 1.54) is 6.26 Å². The number of hydrogen-bond acceptors (Lipinski definition) is 5. The molecule has 0 fully saturated rings. The molecule has 9 heteroatoms. The summed E-state index contributed by atoms with van der Waals surface area (Å²) in [5, 5.41) is 16.9. The molecule has 1 aromatic carbocycles. The van der Waals surface area contributed by atoms with Crippen molar-refractivity contribution in [2.45, 2.75) is 65.1 Å². The number of carbonyl (C=O) groups is 4. The third kappa shape index (κ3) is 9.27. The van der Waals surface area contributed by atoms with Crippen LogP contribution in [0.4, 0.5) is 4.79 Å². The van der Waals surface area contributed by atoms with Crippen molar-refractivity contribution >= 4 is 23.7 Å². The van der Waals surface area contributed by atoms with E-state index in [-0.39, 0.29) is 36.2 Å². The summed E-state index contributed by atoms with van der Waals surface area (Å²) in [6.07, 6.45) is 0.891. The molecule has 0 saturated heterocycles. The van der Waals surface area contributed by atoms with Crippen molar-refractivity contribution in [1.82, 2.24) is 16.0 Å². The van der Waals surface area contributed by atoms with E-state index >= 15 is 0 Å². The van der Waals surface area contributed by atoms with Crippen LogP contribution in [0.5, 0.6) is 0 Å². The Morgan fingerprint density at radius 3 is 1.89 bits per heavy atom. The fourth-order valence-electron chi connectivity index (χ4n) is 3.75. The normalized spacial score (nSPS) is 13.7. The molecule has 3 amide bonds. The van der Waals surface area contributed by atoms with Crippen molar-refractivity contribution in [3.05, 3.63) is 60.1 Å². The number of benzene rings is 1. The number of carbonyl (C=O) groups excluding carboxylic acids is 3. The summed E-state index contributed by atoms with van der Waals surface area (Å²) < 4.78 is 5.23. The Morgan fingerprint density at radius 1 is 0.771 bits per heavy atom. The predicted molar refractivity (Wildman–Crippen MR) is 131 cm³/mol. The third-order valence-electron chi connectivity index (χ3n) is 5.34. The van der Waals surface area contributed by atoms with Crippen molar-refractivity contribution in [3.8, 4) is 0 Å². The van der Waals surface area contributed by atoms with Gasteiger partial charge in [0.2, 0.25) is 17.6 Å². The molecule has 0 aliphatic heterocycles. The summed E-state index contributed by atoms with van der Waals surface area (Å²) in [6, 6.07) is 9.40. The molecule has 0 aliphatic rings. The number of furan rings is 1. The maximum Gasteiger partial charge on any atom is 0.405 e. The Hall–Kier alpha value is -3.62. The smallest absolute Gasteiger partial charge is 0.405 e. The Labute approximate surface area is 205 Å². The van der Waals surface area contributed by atoms with Gasteiger partial charge in [0.05, 0.1) is 12.3 Å². The van der Waals surface area contributed by atoms with Gasteiger partial charge >= 0.3 is 6.09 Å². The molecule has 2 rings (SSSR count). The first-order chi connectivity index (χ1) is 16.6. The number of Topliss-reactive ketones (excluding diaryl/α,β-unsaturated/α-hetero) is 1. The van der Waals surface area contributed by atoms with Crippen molar-refractivity contribution in [1.29, 1.82) is 0 Å². The highest BCUT2D eigenvalue weighted by Crippen LogP contribution is 2.14. The third-order valence-corrected chi connectivity index (χ3v) is 5.34. The van der Waals surface area contributed by atoms with Gasteiger partial charge in [-0.1, -0.05) is 58.0 Å². The number of amides is 3. The minimum Gasteiger partial charge on any atom is -0.465 e. The lowest BCUT2D eigenvalue weighted by Crippen LogP contribution is -2.56. The molecule has 35 heavy (non-hydrogen) atoms. The Balaban J connectivity index is 2.26. The minimum atomic E-state index is -1.32. The molecule has 4 N–H and O–H groups in total. The van der Waals surface area contributed by atoms with E-state index in [1.807, 2.05) is 58.0 Å². The average molecular weight is 486 g/mol. The van der Waals surface area contributed by atoms with Crippen molar-refractivity contribution in [3.63, 3.8) is 0 Å². The first kappa shape index (κ1) is 27.6. The molecule has 9 nitrogen and oxygen atoms in total. The summed E-state index contributed by atoms with van der Waals surface area (Å²) in [6.45, 7) is 7.61. The van der Waals surface area contributed by atoms with Crippen LogP contribution in [0.25, 0.3) is 0 Å². The second kappa shape index (κ2) is 13.3. The van der Waals surface area contributed by atoms with Gasteiger partial charge in [0.15, 0.2) is 5.76 Å². The van der Waals surface area contributed by atoms with E-state index in [0.717, 1.165) is 5.56 Å². The van der Waals surface area contributed by atoms with Crippen LogP contribution in [0.15, 0.2) is 53.1 Å². The van der Waals surface area contributed by atoms with E-state index in [0.29, 0.717) is 6.42 Å². The van der Waals surface area contributed by atoms with Crippen molar-refractivity contribution < 1.29 is 28.7 Å². The summed E-state index contributed by atoms with van der Waals surface area (Å²) in [5.41, 5.74) is 0.803. The molecule has 1 aromatic heterocycles. The van der Waals surface area contributed by atoms with Crippen LogP contribution in [0.2, 0.25) is 0 Å². The summed E-state index contributed by atoms with van der Waals surface area (Å²) in [4.78, 5) is 50.6. The quantitative estimate of drug-likeness (QED) is 0.321. The first-order valence-corrected chi connectivity index (χ1v) is 11.8. The van der Waals surface area contributed by atoms with Gasteiger partial charge in [-0.05, 0) is 42.4 Å². The zero-order valence-corrected chi connectivity index (χ0v) is 20.6. The fraction of sp³-hybridized carbons (Fsp3) is 0.462. The minimum absolute atomic E-state index is 0.0420. The Morgan fingerprint density at radius 2 is 1.34 bits per heavy atom. The zero-order chi connectivity index (χ0) is 26.0. The SMILES string of the molecule is CC(C)C[C@H](NC(=O)O)C(=O)N[C@@H](Cc1ccccc1)C(=O)N[C@@H](CC(C)C)C(=O)c1ccco1. The van der Waals surface area contributed by atoms with Gasteiger partial charge in [-0.2, -0.15) is 0 Å². The van der Waals surface area contributed by atoms with Gasteiger partial charge in [-0.15, -0.1) is 0 Å². The van der Waals surface area contributed by atoms with Crippen LogP contribution in [-0.4, -0.2) is 46.9 Å². The predicted octanol–water partition coefficient (Wildman–Crippen LogP) is 3.40. The second-order valence-corrected chi connectivity index (χ2v) is 9.41. The van der Waals surface area contributed by atoms with Gasteiger partial charge in [-0.3, -0.25) is 14.4 Å². The molecule has 0 bridgehead atoms. The lowest BCUT2D eigenvalue weighted by molar-refractivity contribution is -0.130. The molecular weight excluding hydrogens is 450 g/mol. The molecule has 3 atom stereocenters. The summed E-state index contributed by atoms with van der Waals surface area (Å²) >= 11 is 0. The lowest BCUT2D eigenvalue weighted by atomic mass is 9.97. The molecule has 0 aliphatic carbocycles. The van der Waals surface area contributed by atoms with E-state index in [2.05, 4.69) is 16.0 Å². The number of ketones is 1. The topological polar surface area (TPSA) is 138 Å². The van der Waals surface area contributed by atoms with Crippen molar-refractivity contribution in [2.24, 2.45) is 11.8 Å². The largest absolute Gasteiger partial charge is 0.465 e. The van der Waals surface area contributed by atoms with Crippen LogP contribution in [0.3, 0.4) is 0 Å². The van der Waals surface area contributed by atoms with E-state index in [9.17, 15) is 19.2 Å². The molecule has 0 spiro atoms. The highest BCUT2D eigenvalue weighted by atomic mass is 16.4. The highest BCUT2D eigenvalue weighted by molar-refractivity contribution is 6.01. The molecule has 1 heterocycles. The number of rotatable bonds is 13. The molecule has 0 unspecified atom stereocenters. The summed E-state index contributed by atoms with van der Waals surface area (Å²) in [7, 11) is 0. The maximum absolute atomic E-state index is 13.4. The number of nitrogens with one attached hydrogen (secondary N) is 3. The molecule has 0 saturated carbocycles. The molecule has 0 radical (unpaired) electrons. The fourth-order valence-corrected chi connectivity index (χ4v) is 3.75. The zero-order valence-electron chi connectivity index (χ0n) is 20.6. The van der Waals surface area contributed by atoms with E-state index in [4.69, 9.17) is 9.52 Å². The monoisotopic (exact) mass is 485 g/mol. The Kier molecular flexibility index (Phi) is 10.5. The number of hydrogen-bond donors (Lipinski definition) is 4. The molecule has 190 valence electrons. The summed E-state index contributed by atoms with van der Waals surface area (Å²) in [5.74, 6) is -1.20. The van der Waals surface area contributed by atoms with Crippen LogP contribution in [0.1, 0.15) is 56.7 Å².